The zero-order valence-corrected chi connectivity index (χ0v) is 10.3. The quantitative estimate of drug-likeness (QED) is 0.729. The predicted octanol–water partition coefficient (Wildman–Crippen LogP) is 4.40. The van der Waals surface area contributed by atoms with Crippen molar-refractivity contribution in [1.29, 1.82) is 0 Å². The fraction of sp³-hybridized carbons (Fsp3) is 0.308. The van der Waals surface area contributed by atoms with E-state index in [4.69, 9.17) is 0 Å². The van der Waals surface area contributed by atoms with Crippen LogP contribution >= 0.6 is 11.3 Å². The van der Waals surface area contributed by atoms with Crippen LogP contribution in [0.25, 0.3) is 10.4 Å². The number of aromatic nitrogens is 1. The molecule has 80 valence electrons. The number of nitrogens with zero attached hydrogens (tertiary/aromatic N) is 1. The largest absolute Gasteiger partial charge is 0.264 e. The van der Waals surface area contributed by atoms with Crippen LogP contribution in [0.5, 0.6) is 0 Å². The zero-order chi connectivity index (χ0) is 11.1. The molecule has 0 aromatic carbocycles. The third-order valence-electron chi connectivity index (χ3n) is 1.96. The Morgan fingerprint density at radius 2 is 2.00 bits per heavy atom. The first-order chi connectivity index (χ1) is 7.40. The molecule has 0 saturated carbocycles. The molecule has 0 N–H and O–H groups in total. The summed E-state index contributed by atoms with van der Waals surface area (Å²) in [6.07, 6.45) is 4.83. The SMILES string of the molecule is CC.CCc1ccc(-c2cccnc2)s1. The maximum absolute atomic E-state index is 4.10. The van der Waals surface area contributed by atoms with Crippen molar-refractivity contribution >= 4 is 11.3 Å². The van der Waals surface area contributed by atoms with Crippen molar-refractivity contribution in [3.63, 3.8) is 0 Å². The van der Waals surface area contributed by atoms with E-state index in [1.807, 2.05) is 37.4 Å². The van der Waals surface area contributed by atoms with E-state index in [1.54, 1.807) is 6.20 Å². The molecular formula is C13H17NS. The van der Waals surface area contributed by atoms with E-state index in [2.05, 4.69) is 30.1 Å². The van der Waals surface area contributed by atoms with Crippen molar-refractivity contribution in [2.24, 2.45) is 0 Å². The summed E-state index contributed by atoms with van der Waals surface area (Å²) in [4.78, 5) is 6.84. The van der Waals surface area contributed by atoms with Crippen LogP contribution < -0.4 is 0 Å². The van der Waals surface area contributed by atoms with E-state index in [0.29, 0.717) is 0 Å². The van der Waals surface area contributed by atoms with Gasteiger partial charge >= 0.3 is 0 Å². The topological polar surface area (TPSA) is 12.9 Å². The second-order valence-electron chi connectivity index (χ2n) is 2.86. The standard InChI is InChI=1S/C11H11NS.C2H6/c1-2-10-5-6-11(13-10)9-4-3-7-12-8-9;1-2/h3-8H,2H2,1H3;1-2H3. The predicted molar refractivity (Wildman–Crippen MR) is 68.3 cm³/mol. The summed E-state index contributed by atoms with van der Waals surface area (Å²) in [5, 5.41) is 0. The molecule has 0 fully saturated rings. The van der Waals surface area contributed by atoms with Crippen LogP contribution in [0.4, 0.5) is 0 Å². The Bertz CT molecular complexity index is 378. The van der Waals surface area contributed by atoms with Gasteiger partial charge in [-0.05, 0) is 24.6 Å². The van der Waals surface area contributed by atoms with Gasteiger partial charge in [-0.2, -0.15) is 0 Å². The van der Waals surface area contributed by atoms with E-state index in [9.17, 15) is 0 Å². The highest BCUT2D eigenvalue weighted by Crippen LogP contribution is 2.27. The summed E-state index contributed by atoms with van der Waals surface area (Å²) in [6, 6.07) is 8.42. The average molecular weight is 219 g/mol. The van der Waals surface area contributed by atoms with Gasteiger partial charge < -0.3 is 0 Å². The zero-order valence-electron chi connectivity index (χ0n) is 9.53. The maximum Gasteiger partial charge on any atom is 0.0361 e. The van der Waals surface area contributed by atoms with Gasteiger partial charge in [0.2, 0.25) is 0 Å². The minimum Gasteiger partial charge on any atom is -0.264 e. The number of thiophene rings is 1. The fourth-order valence-electron chi connectivity index (χ4n) is 1.23. The lowest BCUT2D eigenvalue weighted by atomic mass is 10.2. The van der Waals surface area contributed by atoms with E-state index in [1.165, 1.54) is 15.3 Å². The van der Waals surface area contributed by atoms with Crippen LogP contribution in [-0.4, -0.2) is 4.98 Å². The molecule has 15 heavy (non-hydrogen) atoms. The van der Waals surface area contributed by atoms with Gasteiger partial charge in [0.1, 0.15) is 0 Å². The molecule has 0 aliphatic carbocycles. The van der Waals surface area contributed by atoms with Crippen molar-refractivity contribution in [1.82, 2.24) is 4.98 Å². The summed E-state index contributed by atoms with van der Waals surface area (Å²) in [5.74, 6) is 0. The molecule has 0 spiro atoms. The minimum atomic E-state index is 1.12. The third kappa shape index (κ3) is 3.17. The van der Waals surface area contributed by atoms with Gasteiger partial charge in [0.15, 0.2) is 0 Å². The molecule has 0 saturated heterocycles. The summed E-state index contributed by atoms with van der Waals surface area (Å²) in [7, 11) is 0. The number of rotatable bonds is 2. The lowest BCUT2D eigenvalue weighted by Crippen LogP contribution is -1.72. The molecule has 1 nitrogen and oxygen atoms in total. The normalized spacial score (nSPS) is 9.27. The van der Waals surface area contributed by atoms with Crippen LogP contribution in [0.3, 0.4) is 0 Å². The second kappa shape index (κ2) is 6.36. The van der Waals surface area contributed by atoms with Gasteiger partial charge in [-0.25, -0.2) is 0 Å². The van der Waals surface area contributed by atoms with Gasteiger partial charge in [0.25, 0.3) is 0 Å². The van der Waals surface area contributed by atoms with Crippen LogP contribution in [0.2, 0.25) is 0 Å². The molecule has 2 rings (SSSR count). The number of hydrogen-bond donors (Lipinski definition) is 0. The Kier molecular flexibility index (Phi) is 5.05. The highest BCUT2D eigenvalue weighted by molar-refractivity contribution is 7.15. The number of pyridine rings is 1. The molecule has 0 bridgehead atoms. The fourth-order valence-corrected chi connectivity index (χ4v) is 2.17. The minimum absolute atomic E-state index is 1.12. The lowest BCUT2D eigenvalue weighted by molar-refractivity contribution is 1.19. The smallest absolute Gasteiger partial charge is 0.0361 e. The highest BCUT2D eigenvalue weighted by atomic mass is 32.1. The van der Waals surface area contributed by atoms with Crippen LogP contribution in [-0.2, 0) is 6.42 Å². The molecule has 0 unspecified atom stereocenters. The van der Waals surface area contributed by atoms with Gasteiger partial charge in [0.05, 0.1) is 0 Å². The Morgan fingerprint density at radius 3 is 2.53 bits per heavy atom. The summed E-state index contributed by atoms with van der Waals surface area (Å²) in [5.41, 5.74) is 1.22. The first kappa shape index (κ1) is 11.9. The Balaban J connectivity index is 0.000000531. The molecular weight excluding hydrogens is 202 g/mol. The molecule has 0 amide bonds. The molecule has 0 aliphatic heterocycles. The van der Waals surface area contributed by atoms with Crippen LogP contribution in [0.15, 0.2) is 36.7 Å². The van der Waals surface area contributed by atoms with E-state index < -0.39 is 0 Å². The van der Waals surface area contributed by atoms with Gasteiger partial charge in [0, 0.05) is 27.7 Å². The van der Waals surface area contributed by atoms with Crippen molar-refractivity contribution in [3.05, 3.63) is 41.5 Å². The van der Waals surface area contributed by atoms with Crippen molar-refractivity contribution < 1.29 is 0 Å². The molecule has 0 aliphatic rings. The molecule has 2 heteroatoms. The Labute approximate surface area is 95.8 Å². The third-order valence-corrected chi connectivity index (χ3v) is 3.23. The lowest BCUT2D eigenvalue weighted by Gasteiger charge is -1.93. The first-order valence-corrected chi connectivity index (χ1v) is 6.21. The average Bonchev–Trinajstić information content (AvgIpc) is 2.81. The molecule has 2 heterocycles. The van der Waals surface area contributed by atoms with E-state index in [0.717, 1.165) is 6.42 Å². The Hall–Kier alpha value is -1.15. The van der Waals surface area contributed by atoms with Gasteiger partial charge in [-0.1, -0.05) is 26.8 Å². The second-order valence-corrected chi connectivity index (χ2v) is 4.03. The van der Waals surface area contributed by atoms with Crippen molar-refractivity contribution in [3.8, 4) is 10.4 Å². The van der Waals surface area contributed by atoms with E-state index >= 15 is 0 Å². The highest BCUT2D eigenvalue weighted by Gasteiger charge is 2.00. The molecule has 0 atom stereocenters. The maximum atomic E-state index is 4.10. The number of aryl methyl sites for hydroxylation is 1. The summed E-state index contributed by atoms with van der Waals surface area (Å²) < 4.78 is 0. The van der Waals surface area contributed by atoms with Gasteiger partial charge in [-0.3, -0.25) is 4.98 Å². The van der Waals surface area contributed by atoms with Crippen molar-refractivity contribution in [2.75, 3.05) is 0 Å². The van der Waals surface area contributed by atoms with Crippen LogP contribution in [0.1, 0.15) is 25.6 Å². The molecule has 0 radical (unpaired) electrons. The van der Waals surface area contributed by atoms with Crippen LogP contribution in [0, 0.1) is 0 Å². The summed E-state index contributed by atoms with van der Waals surface area (Å²) in [6.45, 7) is 6.18. The first-order valence-electron chi connectivity index (χ1n) is 5.39. The monoisotopic (exact) mass is 219 g/mol. The molecule has 2 aromatic heterocycles. The van der Waals surface area contributed by atoms with E-state index in [-0.39, 0.29) is 0 Å². The summed E-state index contributed by atoms with van der Waals surface area (Å²) >= 11 is 1.85. The molecule has 2 aromatic rings. The van der Waals surface area contributed by atoms with Gasteiger partial charge in [-0.15, -0.1) is 11.3 Å². The van der Waals surface area contributed by atoms with Crippen molar-refractivity contribution in [2.45, 2.75) is 27.2 Å². The Morgan fingerprint density at radius 1 is 1.20 bits per heavy atom. The number of hydrogen-bond acceptors (Lipinski definition) is 2.